The second kappa shape index (κ2) is 8.23. The summed E-state index contributed by atoms with van der Waals surface area (Å²) in [5.41, 5.74) is 2.02. The first kappa shape index (κ1) is 20.8. The van der Waals surface area contributed by atoms with Gasteiger partial charge < -0.3 is 5.32 Å². The highest BCUT2D eigenvalue weighted by atomic mass is 35.5. The Morgan fingerprint density at radius 2 is 1.66 bits per heavy atom. The van der Waals surface area contributed by atoms with Crippen LogP contribution in [0.1, 0.15) is 21.5 Å². The lowest BCUT2D eigenvalue weighted by Gasteiger charge is -2.12. The molecule has 0 atom stereocenters. The number of rotatable bonds is 5. The molecule has 0 aliphatic carbocycles. The minimum Gasteiger partial charge on any atom is -0.319 e. The van der Waals surface area contributed by atoms with E-state index in [1.54, 1.807) is 31.2 Å². The number of carbonyl (C=O) groups excluding carboxylic acids is 1. The van der Waals surface area contributed by atoms with E-state index in [0.717, 1.165) is 11.6 Å². The lowest BCUT2D eigenvalue weighted by molar-refractivity contribution is 0.102. The van der Waals surface area contributed by atoms with Crippen LogP contribution in [0.2, 0.25) is 5.02 Å². The van der Waals surface area contributed by atoms with E-state index >= 15 is 0 Å². The summed E-state index contributed by atoms with van der Waals surface area (Å²) in [4.78, 5) is 12.5. The molecule has 0 unspecified atom stereocenters. The Hall–Kier alpha value is -2.90. The minimum atomic E-state index is -3.91. The molecule has 3 rings (SSSR count). The fraction of sp³-hybridized carbons (Fsp3) is 0.0952. The van der Waals surface area contributed by atoms with Crippen molar-refractivity contribution in [2.45, 2.75) is 18.7 Å². The van der Waals surface area contributed by atoms with Gasteiger partial charge >= 0.3 is 0 Å². The molecule has 3 aromatic carbocycles. The highest BCUT2D eigenvalue weighted by Crippen LogP contribution is 2.23. The predicted octanol–water partition coefficient (Wildman–Crippen LogP) is 5.15. The summed E-state index contributed by atoms with van der Waals surface area (Å²) in [5.74, 6) is -1.32. The Bertz CT molecular complexity index is 1180. The van der Waals surface area contributed by atoms with Crippen LogP contribution in [-0.2, 0) is 10.0 Å². The van der Waals surface area contributed by atoms with Gasteiger partial charge in [-0.05, 0) is 61.9 Å². The van der Waals surface area contributed by atoms with Gasteiger partial charge in [-0.1, -0.05) is 35.4 Å². The monoisotopic (exact) mass is 432 g/mol. The predicted molar refractivity (Wildman–Crippen MR) is 113 cm³/mol. The molecule has 150 valence electrons. The Kier molecular flexibility index (Phi) is 5.91. The van der Waals surface area contributed by atoms with Gasteiger partial charge in [-0.15, -0.1) is 0 Å². The van der Waals surface area contributed by atoms with Crippen LogP contribution in [0.4, 0.5) is 15.8 Å². The van der Waals surface area contributed by atoms with Crippen molar-refractivity contribution in [3.05, 3.63) is 88.2 Å². The Balaban J connectivity index is 1.88. The molecule has 29 heavy (non-hydrogen) atoms. The van der Waals surface area contributed by atoms with Crippen LogP contribution in [0, 0.1) is 19.7 Å². The van der Waals surface area contributed by atoms with Crippen molar-refractivity contribution in [2.24, 2.45) is 0 Å². The van der Waals surface area contributed by atoms with Crippen LogP contribution >= 0.6 is 11.6 Å². The van der Waals surface area contributed by atoms with Crippen LogP contribution in [0.5, 0.6) is 0 Å². The molecule has 0 heterocycles. The molecule has 0 aliphatic heterocycles. The molecule has 1 amide bonds. The number of carbonyl (C=O) groups is 1. The number of anilines is 2. The van der Waals surface area contributed by atoms with Crippen molar-refractivity contribution in [1.82, 2.24) is 0 Å². The number of aryl methyl sites for hydroxylation is 2. The Morgan fingerprint density at radius 3 is 2.31 bits per heavy atom. The molecule has 3 aromatic rings. The van der Waals surface area contributed by atoms with Gasteiger partial charge in [0.15, 0.2) is 0 Å². The molecular formula is C21H18ClFN2O3S. The smallest absolute Gasteiger partial charge is 0.261 e. The first-order valence-corrected chi connectivity index (χ1v) is 10.5. The normalized spacial score (nSPS) is 11.2. The second-order valence-electron chi connectivity index (χ2n) is 6.53. The number of halogens is 2. The first-order chi connectivity index (χ1) is 13.7. The van der Waals surface area contributed by atoms with Gasteiger partial charge in [-0.2, -0.15) is 0 Å². The standard InChI is InChI=1S/C21H18ClFN2O3S/c1-13-3-7-16(8-4-13)25-29(27,28)17-9-5-14(2)18(12-17)21(26)24-20-10-6-15(22)11-19(20)23/h3-12,25H,1-2H3,(H,24,26). The molecule has 5 nitrogen and oxygen atoms in total. The van der Waals surface area contributed by atoms with Crippen LogP contribution in [-0.4, -0.2) is 14.3 Å². The maximum atomic E-state index is 14.0. The molecule has 0 radical (unpaired) electrons. The number of nitrogens with one attached hydrogen (secondary N) is 2. The minimum absolute atomic E-state index is 0.0511. The Morgan fingerprint density at radius 1 is 0.966 bits per heavy atom. The third-order valence-corrected chi connectivity index (χ3v) is 5.86. The van der Waals surface area contributed by atoms with Crippen molar-refractivity contribution >= 4 is 38.9 Å². The molecule has 2 N–H and O–H groups in total. The first-order valence-electron chi connectivity index (χ1n) is 8.62. The molecular weight excluding hydrogens is 415 g/mol. The summed E-state index contributed by atoms with van der Waals surface area (Å²) in [6.45, 7) is 3.56. The van der Waals surface area contributed by atoms with E-state index in [2.05, 4.69) is 10.0 Å². The largest absolute Gasteiger partial charge is 0.319 e. The topological polar surface area (TPSA) is 75.3 Å². The van der Waals surface area contributed by atoms with Crippen molar-refractivity contribution in [3.8, 4) is 0 Å². The molecule has 0 aliphatic rings. The van der Waals surface area contributed by atoms with E-state index in [1.165, 1.54) is 30.3 Å². The van der Waals surface area contributed by atoms with Gasteiger partial charge in [-0.3, -0.25) is 9.52 Å². The molecule has 0 spiro atoms. The highest BCUT2D eigenvalue weighted by molar-refractivity contribution is 7.92. The van der Waals surface area contributed by atoms with Gasteiger partial charge in [0.2, 0.25) is 0 Å². The van der Waals surface area contributed by atoms with E-state index < -0.39 is 21.7 Å². The van der Waals surface area contributed by atoms with E-state index in [9.17, 15) is 17.6 Å². The number of sulfonamides is 1. The lowest BCUT2D eigenvalue weighted by atomic mass is 10.1. The number of amides is 1. The van der Waals surface area contributed by atoms with Gasteiger partial charge in [-0.25, -0.2) is 12.8 Å². The zero-order chi connectivity index (χ0) is 21.2. The molecule has 0 bridgehead atoms. The molecule has 0 aromatic heterocycles. The number of hydrogen-bond donors (Lipinski definition) is 2. The van der Waals surface area contributed by atoms with Gasteiger partial charge in [0.1, 0.15) is 5.82 Å². The highest BCUT2D eigenvalue weighted by Gasteiger charge is 2.19. The molecule has 0 fully saturated rings. The Labute approximate surface area is 173 Å². The molecule has 0 saturated heterocycles. The summed E-state index contributed by atoms with van der Waals surface area (Å²) in [6, 6.07) is 14.9. The summed E-state index contributed by atoms with van der Waals surface area (Å²) >= 11 is 5.72. The summed E-state index contributed by atoms with van der Waals surface area (Å²) < 4.78 is 41.8. The van der Waals surface area contributed by atoms with Gasteiger partial charge in [0.05, 0.1) is 10.6 Å². The SMILES string of the molecule is Cc1ccc(NS(=O)(=O)c2ccc(C)c(C(=O)Nc3ccc(Cl)cc3F)c2)cc1. The maximum absolute atomic E-state index is 14.0. The van der Waals surface area contributed by atoms with E-state index in [-0.39, 0.29) is 21.2 Å². The van der Waals surface area contributed by atoms with Gasteiger partial charge in [0, 0.05) is 16.3 Å². The maximum Gasteiger partial charge on any atom is 0.261 e. The third kappa shape index (κ3) is 4.93. The van der Waals surface area contributed by atoms with Gasteiger partial charge in [0.25, 0.3) is 15.9 Å². The fourth-order valence-electron chi connectivity index (χ4n) is 2.63. The average molecular weight is 433 g/mol. The van der Waals surface area contributed by atoms with Crippen LogP contribution in [0.15, 0.2) is 65.6 Å². The third-order valence-electron chi connectivity index (χ3n) is 4.25. The molecule has 8 heteroatoms. The van der Waals surface area contributed by atoms with E-state index in [1.807, 2.05) is 6.92 Å². The number of hydrogen-bond acceptors (Lipinski definition) is 3. The lowest BCUT2D eigenvalue weighted by Crippen LogP contribution is -2.17. The second-order valence-corrected chi connectivity index (χ2v) is 8.65. The average Bonchev–Trinajstić information content (AvgIpc) is 2.66. The number of benzene rings is 3. The van der Waals surface area contributed by atoms with Crippen LogP contribution < -0.4 is 10.0 Å². The fourth-order valence-corrected chi connectivity index (χ4v) is 3.87. The van der Waals surface area contributed by atoms with E-state index in [0.29, 0.717) is 11.3 Å². The van der Waals surface area contributed by atoms with Crippen molar-refractivity contribution < 1.29 is 17.6 Å². The summed E-state index contributed by atoms with van der Waals surface area (Å²) in [6.07, 6.45) is 0. The quantitative estimate of drug-likeness (QED) is 0.585. The van der Waals surface area contributed by atoms with E-state index in [4.69, 9.17) is 11.6 Å². The van der Waals surface area contributed by atoms with Crippen LogP contribution in [0.3, 0.4) is 0 Å². The zero-order valence-corrected chi connectivity index (χ0v) is 17.2. The van der Waals surface area contributed by atoms with Crippen molar-refractivity contribution in [3.63, 3.8) is 0 Å². The van der Waals surface area contributed by atoms with Crippen molar-refractivity contribution in [1.29, 1.82) is 0 Å². The summed E-state index contributed by atoms with van der Waals surface area (Å²) in [5, 5.41) is 2.64. The molecule has 0 saturated carbocycles. The summed E-state index contributed by atoms with van der Waals surface area (Å²) in [7, 11) is -3.91. The zero-order valence-electron chi connectivity index (χ0n) is 15.7. The van der Waals surface area contributed by atoms with Crippen molar-refractivity contribution in [2.75, 3.05) is 10.0 Å². The van der Waals surface area contributed by atoms with Crippen LogP contribution in [0.25, 0.3) is 0 Å².